The van der Waals surface area contributed by atoms with Gasteiger partial charge in [0.15, 0.2) is 0 Å². The first-order valence-corrected chi connectivity index (χ1v) is 6.22. The molecule has 1 amide bonds. The maximum atomic E-state index is 11.8. The number of rotatable bonds is 3. The van der Waals surface area contributed by atoms with Gasteiger partial charge in [0, 0.05) is 0 Å². The lowest BCUT2D eigenvalue weighted by Gasteiger charge is -2.08. The smallest absolute Gasteiger partial charge is 0.248 e. The molecule has 0 aliphatic carbocycles. The van der Waals surface area contributed by atoms with Crippen molar-refractivity contribution < 1.29 is 4.79 Å². The van der Waals surface area contributed by atoms with Gasteiger partial charge < -0.3 is 0 Å². The Morgan fingerprint density at radius 2 is 2.06 bits per heavy atom. The van der Waals surface area contributed by atoms with Crippen LogP contribution in [0.1, 0.15) is 15.9 Å². The maximum absolute atomic E-state index is 11.8. The number of nitrogens with one attached hydrogen (secondary N) is 1. The zero-order chi connectivity index (χ0) is 12.3. The van der Waals surface area contributed by atoms with Gasteiger partial charge in [-0.1, -0.05) is 41.7 Å². The minimum Gasteiger partial charge on any atom is -0.299 e. The van der Waals surface area contributed by atoms with E-state index in [1.54, 1.807) is 0 Å². The highest BCUT2D eigenvalue weighted by atomic mass is 35.5. The molecular weight excluding hydrogens is 258 g/mol. The zero-order valence-corrected chi connectivity index (χ0v) is 10.6. The molecule has 17 heavy (non-hydrogen) atoms. The minimum atomic E-state index is -0.722. The van der Waals surface area contributed by atoms with Crippen LogP contribution in [0.2, 0.25) is 0 Å². The Bertz CT molecular complexity index is 514. The summed E-state index contributed by atoms with van der Waals surface area (Å²) in [7, 11) is 0. The molecule has 0 saturated heterocycles. The van der Waals surface area contributed by atoms with E-state index in [0.29, 0.717) is 5.13 Å². The predicted molar refractivity (Wildman–Crippen MR) is 68.3 cm³/mol. The van der Waals surface area contributed by atoms with E-state index in [-0.39, 0.29) is 5.91 Å². The number of aryl methyl sites for hydroxylation is 1. The summed E-state index contributed by atoms with van der Waals surface area (Å²) < 4.78 is 0. The lowest BCUT2D eigenvalue weighted by atomic mass is 10.1. The second-order valence-corrected chi connectivity index (χ2v) is 5.01. The molecule has 6 heteroatoms. The number of nitrogens with zero attached hydrogens (tertiary/aromatic N) is 2. The summed E-state index contributed by atoms with van der Waals surface area (Å²) >= 11 is 7.37. The van der Waals surface area contributed by atoms with E-state index in [0.717, 1.165) is 10.6 Å². The molecule has 0 saturated carbocycles. The molecule has 0 fully saturated rings. The van der Waals surface area contributed by atoms with Crippen LogP contribution in [0.5, 0.6) is 0 Å². The quantitative estimate of drug-likeness (QED) is 0.870. The van der Waals surface area contributed by atoms with E-state index in [1.807, 2.05) is 37.3 Å². The molecule has 4 nitrogen and oxygen atoms in total. The molecule has 0 aliphatic rings. The highest BCUT2D eigenvalue weighted by Gasteiger charge is 2.18. The topological polar surface area (TPSA) is 54.9 Å². The zero-order valence-electron chi connectivity index (χ0n) is 9.05. The molecule has 0 aliphatic heterocycles. The third-order valence-electron chi connectivity index (χ3n) is 2.08. The van der Waals surface area contributed by atoms with Crippen molar-refractivity contribution in [2.45, 2.75) is 12.3 Å². The molecule has 2 aromatic rings. The van der Waals surface area contributed by atoms with E-state index in [2.05, 4.69) is 15.5 Å². The molecule has 2 rings (SSSR count). The van der Waals surface area contributed by atoms with Crippen molar-refractivity contribution in [2.24, 2.45) is 0 Å². The van der Waals surface area contributed by atoms with Crippen molar-refractivity contribution in [1.29, 1.82) is 0 Å². The van der Waals surface area contributed by atoms with Gasteiger partial charge in [0.05, 0.1) is 0 Å². The molecule has 1 aromatic carbocycles. The lowest BCUT2D eigenvalue weighted by Crippen LogP contribution is -2.17. The second-order valence-electron chi connectivity index (χ2n) is 3.39. The maximum Gasteiger partial charge on any atom is 0.248 e. The Kier molecular flexibility index (Phi) is 3.71. The number of alkyl halides is 1. The van der Waals surface area contributed by atoms with Gasteiger partial charge in [-0.25, -0.2) is 0 Å². The number of carbonyl (C=O) groups is 1. The fraction of sp³-hybridized carbons (Fsp3) is 0.182. The SMILES string of the molecule is Cc1nnc(NC(=O)[C@H](Cl)c2ccccc2)s1. The van der Waals surface area contributed by atoms with Crippen LogP contribution in [-0.4, -0.2) is 16.1 Å². The highest BCUT2D eigenvalue weighted by molar-refractivity contribution is 7.15. The van der Waals surface area contributed by atoms with E-state index in [4.69, 9.17) is 11.6 Å². The first-order chi connectivity index (χ1) is 8.16. The van der Waals surface area contributed by atoms with Crippen LogP contribution < -0.4 is 5.32 Å². The third kappa shape index (κ3) is 3.01. The molecule has 0 bridgehead atoms. The van der Waals surface area contributed by atoms with Crippen molar-refractivity contribution in [3.63, 3.8) is 0 Å². The second kappa shape index (κ2) is 5.25. The predicted octanol–water partition coefficient (Wildman–Crippen LogP) is 2.77. The summed E-state index contributed by atoms with van der Waals surface area (Å²) in [4.78, 5) is 11.8. The van der Waals surface area contributed by atoms with Gasteiger partial charge in [0.25, 0.3) is 0 Å². The van der Waals surface area contributed by atoms with Crippen LogP contribution in [0, 0.1) is 6.92 Å². The van der Waals surface area contributed by atoms with Gasteiger partial charge in [-0.15, -0.1) is 21.8 Å². The van der Waals surface area contributed by atoms with Gasteiger partial charge in [-0.3, -0.25) is 10.1 Å². The summed E-state index contributed by atoms with van der Waals surface area (Å²) in [5, 5.41) is 10.8. The van der Waals surface area contributed by atoms with E-state index >= 15 is 0 Å². The van der Waals surface area contributed by atoms with Gasteiger partial charge in [0.2, 0.25) is 11.0 Å². The van der Waals surface area contributed by atoms with Crippen LogP contribution in [0.25, 0.3) is 0 Å². The Morgan fingerprint density at radius 1 is 1.35 bits per heavy atom. The molecule has 1 aromatic heterocycles. The highest BCUT2D eigenvalue weighted by Crippen LogP contribution is 2.23. The van der Waals surface area contributed by atoms with Crippen molar-refractivity contribution in [1.82, 2.24) is 10.2 Å². The lowest BCUT2D eigenvalue weighted by molar-refractivity contribution is -0.116. The number of amides is 1. The Balaban J connectivity index is 2.06. The number of aromatic nitrogens is 2. The normalized spacial score (nSPS) is 12.1. The summed E-state index contributed by atoms with van der Waals surface area (Å²) in [5.41, 5.74) is 0.757. The van der Waals surface area contributed by atoms with Gasteiger partial charge in [-0.05, 0) is 12.5 Å². The summed E-state index contributed by atoms with van der Waals surface area (Å²) in [6.45, 7) is 1.82. The van der Waals surface area contributed by atoms with Crippen LogP contribution in [0.15, 0.2) is 30.3 Å². The average Bonchev–Trinajstić information content (AvgIpc) is 2.75. The number of hydrogen-bond donors (Lipinski definition) is 1. The summed E-state index contributed by atoms with van der Waals surface area (Å²) in [6, 6.07) is 9.17. The largest absolute Gasteiger partial charge is 0.299 e. The number of hydrogen-bond acceptors (Lipinski definition) is 4. The third-order valence-corrected chi connectivity index (χ3v) is 3.28. The molecule has 1 heterocycles. The van der Waals surface area contributed by atoms with Crippen molar-refractivity contribution in [3.8, 4) is 0 Å². The number of carbonyl (C=O) groups excluding carboxylic acids is 1. The minimum absolute atomic E-state index is 0.297. The summed E-state index contributed by atoms with van der Waals surface area (Å²) in [6.07, 6.45) is 0. The van der Waals surface area contributed by atoms with Gasteiger partial charge >= 0.3 is 0 Å². The first kappa shape index (κ1) is 12.0. The van der Waals surface area contributed by atoms with Gasteiger partial charge in [0.1, 0.15) is 10.4 Å². The number of benzene rings is 1. The molecule has 0 unspecified atom stereocenters. The fourth-order valence-electron chi connectivity index (χ4n) is 1.29. The average molecular weight is 268 g/mol. The standard InChI is InChI=1S/C11H10ClN3OS/c1-7-14-15-11(17-7)13-10(16)9(12)8-5-3-2-4-6-8/h2-6,9H,1H3,(H,13,15,16)/t9-/m1/s1. The van der Waals surface area contributed by atoms with Gasteiger partial charge in [-0.2, -0.15) is 0 Å². The number of anilines is 1. The molecule has 88 valence electrons. The van der Waals surface area contributed by atoms with Crippen LogP contribution in [0.4, 0.5) is 5.13 Å². The number of halogens is 1. The fourth-order valence-corrected chi connectivity index (χ4v) is 2.08. The molecule has 0 radical (unpaired) electrons. The molecular formula is C11H10ClN3OS. The van der Waals surface area contributed by atoms with E-state index < -0.39 is 5.38 Å². The van der Waals surface area contributed by atoms with E-state index in [9.17, 15) is 4.79 Å². The first-order valence-electron chi connectivity index (χ1n) is 4.97. The Morgan fingerprint density at radius 3 is 2.65 bits per heavy atom. The van der Waals surface area contributed by atoms with Crippen LogP contribution in [-0.2, 0) is 4.79 Å². The molecule has 0 spiro atoms. The summed E-state index contributed by atoms with van der Waals surface area (Å²) in [5.74, 6) is -0.297. The molecule has 1 N–H and O–H groups in total. The van der Waals surface area contributed by atoms with Crippen molar-refractivity contribution >= 4 is 34.0 Å². The van der Waals surface area contributed by atoms with Crippen molar-refractivity contribution in [3.05, 3.63) is 40.9 Å². The van der Waals surface area contributed by atoms with E-state index in [1.165, 1.54) is 11.3 Å². The van der Waals surface area contributed by atoms with Crippen LogP contribution >= 0.6 is 22.9 Å². The monoisotopic (exact) mass is 267 g/mol. The van der Waals surface area contributed by atoms with Crippen molar-refractivity contribution in [2.75, 3.05) is 5.32 Å². The molecule has 1 atom stereocenters. The Labute approximate surface area is 108 Å². The Hall–Kier alpha value is -1.46. The van der Waals surface area contributed by atoms with Crippen LogP contribution in [0.3, 0.4) is 0 Å².